The Morgan fingerprint density at radius 2 is 2.21 bits per heavy atom. The topological polar surface area (TPSA) is 46.6 Å². The molecule has 1 aliphatic heterocycles. The number of methoxy groups -OCH3 is 1. The molecule has 0 amide bonds. The minimum Gasteiger partial charge on any atom is -0.465 e. The van der Waals surface area contributed by atoms with E-state index in [2.05, 4.69) is 4.74 Å². The van der Waals surface area contributed by atoms with Crippen LogP contribution in [0.15, 0.2) is 28.6 Å². The third-order valence-electron chi connectivity index (χ3n) is 1.80. The molecule has 5 heteroatoms. The molecule has 74 valence electrons. The Labute approximate surface area is 86.1 Å². The van der Waals surface area contributed by atoms with Crippen LogP contribution in [0.4, 0.5) is 0 Å². The van der Waals surface area contributed by atoms with Gasteiger partial charge in [-0.3, -0.25) is 0 Å². The van der Waals surface area contributed by atoms with E-state index < -0.39 is 5.97 Å². The average molecular weight is 214 g/mol. The lowest BCUT2D eigenvalue weighted by Gasteiger charge is -2.21. The van der Waals surface area contributed by atoms with Crippen molar-refractivity contribution in [1.82, 2.24) is 4.90 Å². The maximum Gasteiger partial charge on any atom is 0.340 e. The molecule has 0 fully saturated rings. The first kappa shape index (κ1) is 10.6. The first-order valence-corrected chi connectivity index (χ1v) is 4.14. The van der Waals surface area contributed by atoms with Gasteiger partial charge in [-0.15, -0.1) is 0 Å². The molecule has 0 bridgehead atoms. The molecule has 1 heterocycles. The first-order valence-electron chi connectivity index (χ1n) is 3.76. The number of hydrogen-bond donors (Lipinski definition) is 0. The Balaban J connectivity index is 3.12. The minimum atomic E-state index is -0.539. The summed E-state index contributed by atoms with van der Waals surface area (Å²) >= 11 is 5.83. The molecule has 0 aromatic carbocycles. The molecule has 0 unspecified atom stereocenters. The van der Waals surface area contributed by atoms with E-state index in [4.69, 9.17) is 11.6 Å². The van der Waals surface area contributed by atoms with Crippen molar-refractivity contribution in [2.24, 2.45) is 0 Å². The van der Waals surface area contributed by atoms with Gasteiger partial charge in [0.25, 0.3) is 0 Å². The number of ether oxygens (including phenoxy) is 1. The Hall–Kier alpha value is -1.51. The van der Waals surface area contributed by atoms with E-state index in [0.29, 0.717) is 0 Å². The number of halogens is 1. The molecule has 0 aromatic heterocycles. The van der Waals surface area contributed by atoms with Crippen molar-refractivity contribution in [2.75, 3.05) is 14.2 Å². The molecule has 0 saturated heterocycles. The van der Waals surface area contributed by atoms with Gasteiger partial charge in [0.05, 0.1) is 12.7 Å². The maximum absolute atomic E-state index is 11.2. The highest BCUT2D eigenvalue weighted by atomic mass is 35.5. The highest BCUT2D eigenvalue weighted by Crippen LogP contribution is 2.24. The van der Waals surface area contributed by atoms with Crippen LogP contribution in [0.3, 0.4) is 0 Å². The van der Waals surface area contributed by atoms with Gasteiger partial charge in [-0.1, -0.05) is 11.6 Å². The zero-order valence-corrected chi connectivity index (χ0v) is 8.46. The van der Waals surface area contributed by atoms with E-state index in [1.807, 2.05) is 0 Å². The molecule has 0 radical (unpaired) electrons. The second-order valence-corrected chi connectivity index (χ2v) is 2.93. The van der Waals surface area contributed by atoms with E-state index in [1.165, 1.54) is 24.2 Å². The molecule has 0 saturated carbocycles. The summed E-state index contributed by atoms with van der Waals surface area (Å²) in [4.78, 5) is 22.9. The van der Waals surface area contributed by atoms with Crippen LogP contribution < -0.4 is 0 Å². The summed E-state index contributed by atoms with van der Waals surface area (Å²) in [6.45, 7) is 0. The molecular formula is C9H8ClNO3. The van der Waals surface area contributed by atoms with Crippen molar-refractivity contribution in [2.45, 2.75) is 0 Å². The lowest BCUT2D eigenvalue weighted by atomic mass is 10.2. The van der Waals surface area contributed by atoms with Crippen molar-refractivity contribution in [3.05, 3.63) is 28.6 Å². The van der Waals surface area contributed by atoms with Crippen LogP contribution in [0.2, 0.25) is 0 Å². The lowest BCUT2D eigenvalue weighted by Crippen LogP contribution is -2.21. The van der Waals surface area contributed by atoms with Gasteiger partial charge in [0.2, 0.25) is 0 Å². The third-order valence-corrected chi connectivity index (χ3v) is 2.25. The molecule has 0 spiro atoms. The smallest absolute Gasteiger partial charge is 0.340 e. The van der Waals surface area contributed by atoms with Gasteiger partial charge in [-0.2, -0.15) is 0 Å². The van der Waals surface area contributed by atoms with Crippen molar-refractivity contribution in [1.29, 1.82) is 0 Å². The van der Waals surface area contributed by atoms with Crippen LogP contribution in [0.25, 0.3) is 0 Å². The summed E-state index contributed by atoms with van der Waals surface area (Å²) in [5.74, 6) is 1.16. The molecule has 0 N–H and O–H groups in total. The molecule has 1 aliphatic rings. The van der Waals surface area contributed by atoms with Gasteiger partial charge in [0.15, 0.2) is 5.94 Å². The Kier molecular flexibility index (Phi) is 3.12. The van der Waals surface area contributed by atoms with Gasteiger partial charge in [-0.25, -0.2) is 9.59 Å². The first-order chi connectivity index (χ1) is 6.61. The van der Waals surface area contributed by atoms with Gasteiger partial charge in [-0.05, 0) is 12.2 Å². The Morgan fingerprint density at radius 3 is 2.71 bits per heavy atom. The van der Waals surface area contributed by atoms with Crippen LogP contribution in [0.5, 0.6) is 0 Å². The number of nitrogens with zero attached hydrogens (tertiary/aromatic N) is 1. The fourth-order valence-electron chi connectivity index (χ4n) is 0.994. The molecule has 0 aromatic rings. The molecule has 14 heavy (non-hydrogen) atoms. The summed E-state index contributed by atoms with van der Waals surface area (Å²) < 4.78 is 4.51. The number of rotatable bonds is 1. The second-order valence-electron chi connectivity index (χ2n) is 2.58. The number of likely N-dealkylation sites (N-methyl/N-ethyl adjacent to an activating group) is 1. The molecule has 0 aliphatic carbocycles. The number of allylic oxidation sites excluding steroid dienone is 1. The van der Waals surface area contributed by atoms with E-state index in [1.54, 1.807) is 13.0 Å². The standard InChI is InChI=1S/C9H8ClNO3/c1-11-6(5-12)3-4-7(8(11)10)9(13)14-2/h3-4H,1-2H3. The zero-order chi connectivity index (χ0) is 10.7. The summed E-state index contributed by atoms with van der Waals surface area (Å²) in [6, 6.07) is 0. The maximum atomic E-state index is 11.2. The van der Waals surface area contributed by atoms with Crippen LogP contribution >= 0.6 is 11.6 Å². The number of hydrogen-bond acceptors (Lipinski definition) is 4. The summed E-state index contributed by atoms with van der Waals surface area (Å²) in [7, 11) is 2.83. The summed E-state index contributed by atoms with van der Waals surface area (Å²) in [5.41, 5.74) is 0.485. The minimum absolute atomic E-state index is 0.151. The predicted molar refractivity (Wildman–Crippen MR) is 51.0 cm³/mol. The number of carbonyl (C=O) groups is 1. The van der Waals surface area contributed by atoms with Crippen LogP contribution in [-0.4, -0.2) is 31.0 Å². The van der Waals surface area contributed by atoms with E-state index in [0.717, 1.165) is 0 Å². The fourth-order valence-corrected chi connectivity index (χ4v) is 1.23. The van der Waals surface area contributed by atoms with Crippen molar-refractivity contribution < 1.29 is 14.3 Å². The van der Waals surface area contributed by atoms with E-state index >= 15 is 0 Å². The van der Waals surface area contributed by atoms with Gasteiger partial charge >= 0.3 is 5.97 Å². The summed E-state index contributed by atoms with van der Waals surface area (Å²) in [6.07, 6.45) is 2.87. The zero-order valence-electron chi connectivity index (χ0n) is 7.70. The average Bonchev–Trinajstić information content (AvgIpc) is 2.21. The number of esters is 1. The predicted octanol–water partition coefficient (Wildman–Crippen LogP) is 0.827. The largest absolute Gasteiger partial charge is 0.465 e. The molecule has 0 atom stereocenters. The van der Waals surface area contributed by atoms with E-state index in [-0.39, 0.29) is 16.4 Å². The van der Waals surface area contributed by atoms with Crippen molar-refractivity contribution >= 4 is 23.5 Å². The monoisotopic (exact) mass is 213 g/mol. The molecule has 4 nitrogen and oxygen atoms in total. The Bertz CT molecular complexity index is 378. The number of carbonyl (C=O) groups excluding carboxylic acids is 2. The lowest BCUT2D eigenvalue weighted by molar-refractivity contribution is -0.135. The van der Waals surface area contributed by atoms with E-state index in [9.17, 15) is 9.59 Å². The molecular weight excluding hydrogens is 206 g/mol. The van der Waals surface area contributed by atoms with Crippen LogP contribution in [0, 0.1) is 0 Å². The normalized spacial score (nSPS) is 15.6. The van der Waals surface area contributed by atoms with Crippen molar-refractivity contribution in [3.8, 4) is 0 Å². The summed E-state index contributed by atoms with van der Waals surface area (Å²) in [5, 5.41) is 0.151. The quantitative estimate of drug-likeness (QED) is 0.368. The van der Waals surface area contributed by atoms with Crippen molar-refractivity contribution in [3.63, 3.8) is 0 Å². The fraction of sp³-hybridized carbons (Fsp3) is 0.222. The van der Waals surface area contributed by atoms with Gasteiger partial charge in [0.1, 0.15) is 10.9 Å². The Morgan fingerprint density at radius 1 is 1.57 bits per heavy atom. The van der Waals surface area contributed by atoms with Gasteiger partial charge in [0, 0.05) is 7.05 Å². The SMILES string of the molecule is COC(=O)C1=C(Cl)N(C)C(=C=O)C=C1. The van der Waals surface area contributed by atoms with Crippen LogP contribution in [-0.2, 0) is 14.3 Å². The second kappa shape index (κ2) is 4.13. The highest BCUT2D eigenvalue weighted by molar-refractivity contribution is 6.32. The van der Waals surface area contributed by atoms with Gasteiger partial charge < -0.3 is 9.64 Å². The molecule has 1 rings (SSSR count). The third kappa shape index (κ3) is 1.71. The highest BCUT2D eigenvalue weighted by Gasteiger charge is 2.21. The van der Waals surface area contributed by atoms with Crippen LogP contribution in [0.1, 0.15) is 0 Å².